The van der Waals surface area contributed by atoms with Crippen LogP contribution in [0.3, 0.4) is 0 Å². The number of carbonyl (C=O) groups is 3. The number of hydrogen-bond donors (Lipinski definition) is 2. The van der Waals surface area contributed by atoms with Gasteiger partial charge < -0.3 is 25.0 Å². The molecule has 1 aliphatic heterocycles. The van der Waals surface area contributed by atoms with E-state index in [1.54, 1.807) is 55.5 Å². The highest BCUT2D eigenvalue weighted by atomic mass is 32.1. The summed E-state index contributed by atoms with van der Waals surface area (Å²) in [6, 6.07) is 9.90. The monoisotopic (exact) mass is 459 g/mol. The molecule has 2 N–H and O–H groups in total. The quantitative estimate of drug-likeness (QED) is 0.560. The fourth-order valence-electron chi connectivity index (χ4n) is 3.76. The Morgan fingerprint density at radius 3 is 2.44 bits per heavy atom. The Morgan fingerprint density at radius 1 is 1.12 bits per heavy atom. The number of hydrogen-bond acceptors (Lipinski definition) is 6. The van der Waals surface area contributed by atoms with E-state index in [0.717, 1.165) is 0 Å². The zero-order chi connectivity index (χ0) is 22.9. The van der Waals surface area contributed by atoms with Crippen molar-refractivity contribution in [2.45, 2.75) is 18.9 Å². The first-order valence-corrected chi connectivity index (χ1v) is 11.5. The summed E-state index contributed by atoms with van der Waals surface area (Å²) < 4.78 is 10.1. The van der Waals surface area contributed by atoms with Crippen molar-refractivity contribution in [2.75, 3.05) is 40.5 Å². The van der Waals surface area contributed by atoms with Gasteiger partial charge in [-0.25, -0.2) is 0 Å². The van der Waals surface area contributed by atoms with Crippen LogP contribution in [0.5, 0.6) is 5.75 Å². The highest BCUT2D eigenvalue weighted by Crippen LogP contribution is 2.24. The van der Waals surface area contributed by atoms with Gasteiger partial charge in [-0.05, 0) is 54.5 Å². The lowest BCUT2D eigenvalue weighted by atomic mass is 9.88. The number of piperidine rings is 1. The normalized spacial score (nSPS) is 15.1. The summed E-state index contributed by atoms with van der Waals surface area (Å²) in [4.78, 5) is 40.7. The zero-order valence-electron chi connectivity index (χ0n) is 18.3. The minimum atomic E-state index is -0.667. The van der Waals surface area contributed by atoms with E-state index >= 15 is 0 Å². The van der Waals surface area contributed by atoms with Crippen molar-refractivity contribution >= 4 is 29.1 Å². The zero-order valence-corrected chi connectivity index (χ0v) is 19.2. The van der Waals surface area contributed by atoms with Crippen LogP contribution in [0.2, 0.25) is 0 Å². The number of amides is 3. The van der Waals surface area contributed by atoms with Gasteiger partial charge in [0.05, 0.1) is 18.6 Å². The van der Waals surface area contributed by atoms with Gasteiger partial charge in [0.25, 0.3) is 11.8 Å². The summed E-state index contributed by atoms with van der Waals surface area (Å²) in [6.45, 7) is 1.81. The number of carbonyl (C=O) groups excluding carboxylic acids is 3. The van der Waals surface area contributed by atoms with Gasteiger partial charge in [0, 0.05) is 32.3 Å². The van der Waals surface area contributed by atoms with Crippen molar-refractivity contribution in [1.29, 1.82) is 0 Å². The van der Waals surface area contributed by atoms with Gasteiger partial charge >= 0.3 is 0 Å². The Bertz CT molecular complexity index is 893. The van der Waals surface area contributed by atoms with Gasteiger partial charge in [-0.2, -0.15) is 0 Å². The maximum absolute atomic E-state index is 12.8. The highest BCUT2D eigenvalue weighted by molar-refractivity contribution is 7.12. The summed E-state index contributed by atoms with van der Waals surface area (Å²) >= 11 is 1.33. The number of likely N-dealkylation sites (tertiary alicyclic amines) is 1. The molecular weight excluding hydrogens is 430 g/mol. The summed E-state index contributed by atoms with van der Waals surface area (Å²) in [5.74, 6) is 0.0933. The third-order valence-corrected chi connectivity index (χ3v) is 6.42. The van der Waals surface area contributed by atoms with Gasteiger partial charge in [0.1, 0.15) is 11.8 Å². The fourth-order valence-corrected chi connectivity index (χ4v) is 4.38. The van der Waals surface area contributed by atoms with Crippen LogP contribution in [0, 0.1) is 5.92 Å². The average molecular weight is 460 g/mol. The molecular formula is C23H29N3O5S. The molecule has 1 aromatic heterocycles. The molecule has 9 heteroatoms. The van der Waals surface area contributed by atoms with Crippen LogP contribution in [-0.4, -0.2) is 69.1 Å². The summed E-state index contributed by atoms with van der Waals surface area (Å²) in [7, 11) is 3.15. The van der Waals surface area contributed by atoms with Crippen LogP contribution >= 0.6 is 11.3 Å². The Labute approximate surface area is 191 Å². The van der Waals surface area contributed by atoms with Crippen molar-refractivity contribution in [1.82, 2.24) is 15.5 Å². The topological polar surface area (TPSA) is 97.0 Å². The third-order valence-electron chi connectivity index (χ3n) is 5.55. The predicted octanol–water partition coefficient (Wildman–Crippen LogP) is 2.17. The Kier molecular flexibility index (Phi) is 8.64. The van der Waals surface area contributed by atoms with Crippen molar-refractivity contribution in [2.24, 2.45) is 5.92 Å². The molecule has 0 aliphatic carbocycles. The van der Waals surface area contributed by atoms with Crippen LogP contribution in [0.1, 0.15) is 32.9 Å². The average Bonchev–Trinajstić information content (AvgIpc) is 3.37. The second-order valence-corrected chi connectivity index (χ2v) is 8.52. The molecule has 0 radical (unpaired) electrons. The molecule has 2 aromatic rings. The molecule has 1 aliphatic rings. The molecule has 32 heavy (non-hydrogen) atoms. The van der Waals surface area contributed by atoms with Gasteiger partial charge in [-0.3, -0.25) is 14.4 Å². The van der Waals surface area contributed by atoms with E-state index < -0.39 is 6.04 Å². The second-order valence-electron chi connectivity index (χ2n) is 7.57. The van der Waals surface area contributed by atoms with Gasteiger partial charge in [0.2, 0.25) is 5.91 Å². The number of rotatable bonds is 9. The molecule has 8 nitrogen and oxygen atoms in total. The van der Waals surface area contributed by atoms with Crippen molar-refractivity contribution in [3.63, 3.8) is 0 Å². The lowest BCUT2D eigenvalue weighted by molar-refractivity contribution is -0.124. The van der Waals surface area contributed by atoms with E-state index in [1.165, 1.54) is 11.3 Å². The first-order valence-electron chi connectivity index (χ1n) is 10.6. The predicted molar refractivity (Wildman–Crippen MR) is 122 cm³/mol. The number of methoxy groups -OCH3 is 2. The summed E-state index contributed by atoms with van der Waals surface area (Å²) in [5, 5.41) is 7.57. The van der Waals surface area contributed by atoms with Crippen molar-refractivity contribution in [3.05, 3.63) is 52.2 Å². The maximum atomic E-state index is 12.8. The third kappa shape index (κ3) is 6.08. The molecule has 3 rings (SSSR count). The molecule has 172 valence electrons. The molecule has 0 saturated carbocycles. The minimum Gasteiger partial charge on any atom is -0.497 e. The lowest BCUT2D eigenvalue weighted by Gasteiger charge is -2.35. The molecule has 3 amide bonds. The minimum absolute atomic E-state index is 0.0465. The first kappa shape index (κ1) is 23.7. The van der Waals surface area contributed by atoms with Crippen LogP contribution in [0.25, 0.3) is 0 Å². The SMILES string of the molecule is COCCNC(=O)C(NC(=O)c1cccs1)C1CCN(C(=O)c2ccc(OC)cc2)CC1. The van der Waals surface area contributed by atoms with Gasteiger partial charge in [-0.15, -0.1) is 11.3 Å². The van der Waals surface area contributed by atoms with Crippen LogP contribution in [-0.2, 0) is 9.53 Å². The Balaban J connectivity index is 1.63. The standard InChI is InChI=1S/C23H29N3O5S/c1-30-14-11-24-22(28)20(25-21(27)19-4-3-15-32-19)16-9-12-26(13-10-16)23(29)17-5-7-18(31-2)8-6-17/h3-8,15-16,20H,9-14H2,1-2H3,(H,24,28)(H,25,27). The maximum Gasteiger partial charge on any atom is 0.262 e. The smallest absolute Gasteiger partial charge is 0.262 e. The van der Waals surface area contributed by atoms with Crippen LogP contribution in [0.4, 0.5) is 0 Å². The number of nitrogens with one attached hydrogen (secondary N) is 2. The van der Waals surface area contributed by atoms with Crippen LogP contribution < -0.4 is 15.4 Å². The van der Waals surface area contributed by atoms with E-state index in [1.807, 2.05) is 5.38 Å². The van der Waals surface area contributed by atoms with Gasteiger partial charge in [0.15, 0.2) is 0 Å². The molecule has 1 saturated heterocycles. The highest BCUT2D eigenvalue weighted by Gasteiger charge is 2.34. The molecule has 0 spiro atoms. The Hall–Kier alpha value is -2.91. The fraction of sp³-hybridized carbons (Fsp3) is 0.435. The van der Waals surface area contributed by atoms with E-state index in [4.69, 9.17) is 9.47 Å². The number of thiophene rings is 1. The summed E-state index contributed by atoms with van der Waals surface area (Å²) in [6.07, 6.45) is 1.24. The number of nitrogens with zero attached hydrogens (tertiary/aromatic N) is 1. The molecule has 1 unspecified atom stereocenters. The van der Waals surface area contributed by atoms with Gasteiger partial charge in [-0.1, -0.05) is 6.07 Å². The van der Waals surface area contributed by atoms with Crippen molar-refractivity contribution in [3.8, 4) is 5.75 Å². The largest absolute Gasteiger partial charge is 0.497 e. The summed E-state index contributed by atoms with van der Waals surface area (Å²) in [5.41, 5.74) is 0.601. The first-order chi connectivity index (χ1) is 15.5. The van der Waals surface area contributed by atoms with E-state index in [2.05, 4.69) is 10.6 Å². The molecule has 1 atom stereocenters. The molecule has 2 heterocycles. The molecule has 1 aromatic carbocycles. The molecule has 0 bridgehead atoms. The molecule has 1 fully saturated rings. The Morgan fingerprint density at radius 2 is 1.84 bits per heavy atom. The van der Waals surface area contributed by atoms with Crippen molar-refractivity contribution < 1.29 is 23.9 Å². The van der Waals surface area contributed by atoms with Crippen LogP contribution in [0.15, 0.2) is 41.8 Å². The van der Waals surface area contributed by atoms with E-state index in [-0.39, 0.29) is 23.6 Å². The lowest BCUT2D eigenvalue weighted by Crippen LogP contribution is -2.54. The number of benzene rings is 1. The van der Waals surface area contributed by atoms with E-state index in [9.17, 15) is 14.4 Å². The van der Waals surface area contributed by atoms with E-state index in [0.29, 0.717) is 55.3 Å². The number of ether oxygens (including phenoxy) is 2. The second kappa shape index (κ2) is 11.6.